The van der Waals surface area contributed by atoms with Crippen LogP contribution in [0.15, 0.2) is 12.3 Å². The number of fused-ring (bicyclic) bond motifs is 1. The van der Waals surface area contributed by atoms with Gasteiger partial charge in [0.2, 0.25) is 10.0 Å². The van der Waals surface area contributed by atoms with Gasteiger partial charge in [-0.2, -0.15) is 0 Å². The van der Waals surface area contributed by atoms with Gasteiger partial charge in [0, 0.05) is 6.20 Å². The average Bonchev–Trinajstić information content (AvgIpc) is 2.25. The number of hydrogen-bond donors (Lipinski definition) is 1. The zero-order valence-electron chi connectivity index (χ0n) is 6.53. The van der Waals surface area contributed by atoms with Crippen molar-refractivity contribution in [2.75, 3.05) is 4.72 Å². The molecule has 5 heteroatoms. The van der Waals surface area contributed by atoms with Crippen molar-refractivity contribution in [3.8, 4) is 0 Å². The first kappa shape index (κ1) is 7.54. The molecule has 0 spiro atoms. The molecule has 0 aliphatic carbocycles. The van der Waals surface area contributed by atoms with Crippen LogP contribution < -0.4 is 4.72 Å². The Kier molecular flexibility index (Phi) is 1.38. The largest absolute Gasteiger partial charge is 0.281 e. The van der Waals surface area contributed by atoms with Crippen molar-refractivity contribution in [3.05, 3.63) is 23.5 Å². The highest BCUT2D eigenvalue weighted by Crippen LogP contribution is 2.27. The van der Waals surface area contributed by atoms with Gasteiger partial charge in [-0.1, -0.05) is 0 Å². The zero-order chi connectivity index (χ0) is 8.77. The molecule has 1 aliphatic heterocycles. The van der Waals surface area contributed by atoms with Crippen LogP contribution in [0, 0.1) is 6.92 Å². The quantitative estimate of drug-likeness (QED) is 0.643. The smallest absolute Gasteiger partial charge is 0.238 e. The number of anilines is 1. The van der Waals surface area contributed by atoms with Gasteiger partial charge in [0.15, 0.2) is 0 Å². The molecule has 64 valence electrons. The summed E-state index contributed by atoms with van der Waals surface area (Å²) in [4.78, 5) is 3.97. The molecule has 0 fully saturated rings. The van der Waals surface area contributed by atoms with Gasteiger partial charge in [-0.3, -0.25) is 9.71 Å². The summed E-state index contributed by atoms with van der Waals surface area (Å²) in [7, 11) is -3.14. The molecule has 0 amide bonds. The van der Waals surface area contributed by atoms with Crippen LogP contribution in [0.2, 0.25) is 0 Å². The third-order valence-corrected chi connectivity index (χ3v) is 2.99. The number of sulfonamides is 1. The molecule has 1 N–H and O–H groups in total. The number of hydrogen-bond acceptors (Lipinski definition) is 3. The molecule has 0 aromatic carbocycles. The summed E-state index contributed by atoms with van der Waals surface area (Å²) < 4.78 is 24.6. The van der Waals surface area contributed by atoms with Crippen LogP contribution in [0.5, 0.6) is 0 Å². The molecule has 12 heavy (non-hydrogen) atoms. The van der Waals surface area contributed by atoms with Crippen LogP contribution in [0.4, 0.5) is 5.69 Å². The molecule has 0 bridgehead atoms. The SMILES string of the molecule is Cc1ccnc2c1NS(=O)(=O)C2. The van der Waals surface area contributed by atoms with Crippen LogP contribution in [0.1, 0.15) is 11.3 Å². The van der Waals surface area contributed by atoms with E-state index in [4.69, 9.17) is 0 Å². The van der Waals surface area contributed by atoms with Gasteiger partial charge in [0.25, 0.3) is 0 Å². The van der Waals surface area contributed by atoms with Crippen molar-refractivity contribution in [1.82, 2.24) is 4.98 Å². The number of aromatic nitrogens is 1. The minimum absolute atomic E-state index is 0.00398. The molecular formula is C7H8N2O2S. The topological polar surface area (TPSA) is 59.1 Å². The summed E-state index contributed by atoms with van der Waals surface area (Å²) in [5, 5.41) is 0. The Balaban J connectivity index is 2.63. The third-order valence-electron chi connectivity index (χ3n) is 1.82. The Morgan fingerprint density at radius 3 is 3.00 bits per heavy atom. The normalized spacial score (nSPS) is 18.4. The first-order chi connectivity index (χ1) is 5.58. The van der Waals surface area contributed by atoms with E-state index in [9.17, 15) is 8.42 Å². The first-order valence-corrected chi connectivity index (χ1v) is 5.19. The molecule has 1 aromatic heterocycles. The molecule has 4 nitrogen and oxygen atoms in total. The predicted molar refractivity (Wildman–Crippen MR) is 45.2 cm³/mol. The van der Waals surface area contributed by atoms with E-state index in [0.29, 0.717) is 11.4 Å². The van der Waals surface area contributed by atoms with Crippen molar-refractivity contribution in [3.63, 3.8) is 0 Å². The second kappa shape index (κ2) is 2.20. The van der Waals surface area contributed by atoms with Gasteiger partial charge in [-0.25, -0.2) is 8.42 Å². The number of nitrogens with one attached hydrogen (secondary N) is 1. The summed E-state index contributed by atoms with van der Waals surface area (Å²) in [6.07, 6.45) is 1.62. The Morgan fingerprint density at radius 2 is 2.33 bits per heavy atom. The lowest BCUT2D eigenvalue weighted by Crippen LogP contribution is -2.05. The molecule has 1 aromatic rings. The van der Waals surface area contributed by atoms with E-state index in [-0.39, 0.29) is 5.75 Å². The summed E-state index contributed by atoms with van der Waals surface area (Å²) in [5.74, 6) is 0.00398. The minimum Gasteiger partial charge on any atom is -0.281 e. The summed E-state index contributed by atoms with van der Waals surface area (Å²) in [6.45, 7) is 1.86. The summed E-state index contributed by atoms with van der Waals surface area (Å²) in [5.41, 5.74) is 2.19. The van der Waals surface area contributed by atoms with Crippen LogP contribution in [-0.2, 0) is 15.8 Å². The number of rotatable bonds is 0. The highest BCUT2D eigenvalue weighted by Gasteiger charge is 2.25. The number of nitrogens with zero attached hydrogens (tertiary/aromatic N) is 1. The van der Waals surface area contributed by atoms with Gasteiger partial charge >= 0.3 is 0 Å². The molecule has 0 saturated carbocycles. The molecule has 1 aliphatic rings. The fourth-order valence-corrected chi connectivity index (χ4v) is 2.48. The lowest BCUT2D eigenvalue weighted by molar-refractivity contribution is 0.602. The molecule has 0 radical (unpaired) electrons. The maximum atomic E-state index is 11.1. The van der Waals surface area contributed by atoms with Crippen molar-refractivity contribution in [2.45, 2.75) is 12.7 Å². The van der Waals surface area contributed by atoms with Crippen LogP contribution in [0.3, 0.4) is 0 Å². The van der Waals surface area contributed by atoms with E-state index in [1.165, 1.54) is 0 Å². The van der Waals surface area contributed by atoms with E-state index in [0.717, 1.165) is 5.56 Å². The zero-order valence-corrected chi connectivity index (χ0v) is 7.35. The maximum absolute atomic E-state index is 11.1. The van der Waals surface area contributed by atoms with Gasteiger partial charge in [-0.05, 0) is 18.6 Å². The highest BCUT2D eigenvalue weighted by atomic mass is 32.2. The average molecular weight is 184 g/mol. The van der Waals surface area contributed by atoms with E-state index >= 15 is 0 Å². The second-order valence-corrected chi connectivity index (χ2v) is 4.53. The fraction of sp³-hybridized carbons (Fsp3) is 0.286. The highest BCUT2D eigenvalue weighted by molar-refractivity contribution is 7.92. The van der Waals surface area contributed by atoms with E-state index < -0.39 is 10.0 Å². The molecular weight excluding hydrogens is 176 g/mol. The molecule has 0 saturated heterocycles. The van der Waals surface area contributed by atoms with E-state index in [1.54, 1.807) is 12.3 Å². The number of pyridine rings is 1. The molecule has 2 rings (SSSR count). The lowest BCUT2D eigenvalue weighted by atomic mass is 10.2. The van der Waals surface area contributed by atoms with Crippen LogP contribution in [-0.4, -0.2) is 13.4 Å². The van der Waals surface area contributed by atoms with Crippen molar-refractivity contribution in [1.29, 1.82) is 0 Å². The van der Waals surface area contributed by atoms with Gasteiger partial charge < -0.3 is 0 Å². The Morgan fingerprint density at radius 1 is 1.58 bits per heavy atom. The molecule has 0 atom stereocenters. The molecule has 0 unspecified atom stereocenters. The van der Waals surface area contributed by atoms with E-state index in [2.05, 4.69) is 9.71 Å². The Hall–Kier alpha value is -1.10. The van der Waals surface area contributed by atoms with Gasteiger partial charge in [0.05, 0.1) is 11.4 Å². The first-order valence-electron chi connectivity index (χ1n) is 3.53. The van der Waals surface area contributed by atoms with Crippen molar-refractivity contribution >= 4 is 15.7 Å². The van der Waals surface area contributed by atoms with E-state index in [1.807, 2.05) is 6.92 Å². The summed E-state index contributed by atoms with van der Waals surface area (Å²) in [6, 6.07) is 1.78. The van der Waals surface area contributed by atoms with Crippen molar-refractivity contribution in [2.24, 2.45) is 0 Å². The van der Waals surface area contributed by atoms with Crippen molar-refractivity contribution < 1.29 is 8.42 Å². The fourth-order valence-electron chi connectivity index (χ4n) is 1.23. The van der Waals surface area contributed by atoms with Crippen LogP contribution >= 0.6 is 0 Å². The Bertz CT molecular complexity index is 425. The second-order valence-electron chi connectivity index (χ2n) is 2.81. The maximum Gasteiger partial charge on any atom is 0.238 e. The van der Waals surface area contributed by atoms with Crippen LogP contribution in [0.25, 0.3) is 0 Å². The predicted octanol–water partition coefficient (Wildman–Crippen LogP) is 0.645. The monoisotopic (exact) mass is 184 g/mol. The summed E-state index contributed by atoms with van der Waals surface area (Å²) >= 11 is 0. The van der Waals surface area contributed by atoms with Gasteiger partial charge in [0.1, 0.15) is 5.75 Å². The lowest BCUT2D eigenvalue weighted by Gasteiger charge is -1.99. The Labute approximate surface area is 70.7 Å². The minimum atomic E-state index is -3.14. The standard InChI is InChI=1S/C7H8N2O2S/c1-5-2-3-8-6-4-12(10,11)9-7(5)6/h2-3,9H,4H2,1H3. The molecule has 2 heterocycles. The number of aryl methyl sites for hydroxylation is 1. The third kappa shape index (κ3) is 1.06. The van der Waals surface area contributed by atoms with Gasteiger partial charge in [-0.15, -0.1) is 0 Å².